The van der Waals surface area contributed by atoms with E-state index in [-0.39, 0.29) is 11.7 Å². The number of rotatable bonds is 6. The Labute approximate surface area is 179 Å². The van der Waals surface area contributed by atoms with Crippen molar-refractivity contribution in [3.8, 4) is 11.4 Å². The third-order valence-electron chi connectivity index (χ3n) is 4.63. The van der Waals surface area contributed by atoms with Crippen molar-refractivity contribution in [1.82, 2.24) is 24.5 Å². The highest BCUT2D eigenvalue weighted by atomic mass is 32.2. The summed E-state index contributed by atoms with van der Waals surface area (Å²) in [6.45, 7) is 6.06. The van der Waals surface area contributed by atoms with E-state index in [2.05, 4.69) is 39.6 Å². The number of carbonyl (C=O) groups is 1. The zero-order valence-corrected chi connectivity index (χ0v) is 17.8. The second-order valence-electron chi connectivity index (χ2n) is 7.03. The van der Waals surface area contributed by atoms with Crippen molar-refractivity contribution < 1.29 is 4.79 Å². The van der Waals surface area contributed by atoms with Gasteiger partial charge in [0, 0.05) is 36.0 Å². The van der Waals surface area contributed by atoms with Crippen LogP contribution in [0.5, 0.6) is 0 Å². The quantitative estimate of drug-likeness (QED) is 0.477. The molecular formula is C22H22N6OS. The minimum Gasteiger partial charge on any atom is -0.325 e. The first kappa shape index (κ1) is 19.9. The van der Waals surface area contributed by atoms with Gasteiger partial charge in [-0.05, 0) is 56.2 Å². The molecule has 152 valence electrons. The summed E-state index contributed by atoms with van der Waals surface area (Å²) in [4.78, 5) is 16.8. The molecule has 0 radical (unpaired) electrons. The van der Waals surface area contributed by atoms with Crippen molar-refractivity contribution in [3.05, 3.63) is 77.9 Å². The molecule has 1 amide bonds. The van der Waals surface area contributed by atoms with Crippen LogP contribution in [-0.2, 0) is 4.79 Å². The Morgan fingerprint density at radius 3 is 2.47 bits per heavy atom. The molecule has 7 nitrogen and oxygen atoms in total. The van der Waals surface area contributed by atoms with Crippen molar-refractivity contribution in [3.63, 3.8) is 0 Å². The van der Waals surface area contributed by atoms with Crippen LogP contribution < -0.4 is 5.32 Å². The number of nitrogens with zero attached hydrogens (tertiary/aromatic N) is 5. The van der Waals surface area contributed by atoms with Crippen LogP contribution >= 0.6 is 11.8 Å². The first-order valence-electron chi connectivity index (χ1n) is 9.53. The number of thioether (sulfide) groups is 1. The molecule has 0 saturated carbocycles. The maximum Gasteiger partial charge on any atom is 0.234 e. The van der Waals surface area contributed by atoms with Crippen molar-refractivity contribution in [2.75, 3.05) is 11.1 Å². The van der Waals surface area contributed by atoms with Gasteiger partial charge >= 0.3 is 0 Å². The van der Waals surface area contributed by atoms with Gasteiger partial charge in [-0.3, -0.25) is 14.5 Å². The lowest BCUT2D eigenvalue weighted by molar-refractivity contribution is -0.113. The van der Waals surface area contributed by atoms with E-state index in [0.29, 0.717) is 11.0 Å². The van der Waals surface area contributed by atoms with E-state index >= 15 is 0 Å². The van der Waals surface area contributed by atoms with Crippen molar-refractivity contribution in [1.29, 1.82) is 0 Å². The SMILES string of the molecule is Cc1cc(C)c(NC(=O)CSc2nnc(-c3cccnc3)n2-n2cccc2)c(C)c1. The van der Waals surface area contributed by atoms with E-state index in [4.69, 9.17) is 0 Å². The average Bonchev–Trinajstić information content (AvgIpc) is 3.39. The topological polar surface area (TPSA) is 77.6 Å². The number of pyridine rings is 1. The fraction of sp³-hybridized carbons (Fsp3) is 0.182. The molecule has 3 heterocycles. The molecular weight excluding hydrogens is 396 g/mol. The Kier molecular flexibility index (Phi) is 5.67. The van der Waals surface area contributed by atoms with Gasteiger partial charge in [0.2, 0.25) is 11.1 Å². The Bertz CT molecular complexity index is 1140. The van der Waals surface area contributed by atoms with Gasteiger partial charge in [0.15, 0.2) is 5.82 Å². The van der Waals surface area contributed by atoms with Crippen molar-refractivity contribution >= 4 is 23.4 Å². The zero-order valence-electron chi connectivity index (χ0n) is 17.0. The molecule has 0 aliphatic carbocycles. The predicted octanol–water partition coefficient (Wildman–Crippen LogP) is 4.11. The second kappa shape index (κ2) is 8.54. The highest BCUT2D eigenvalue weighted by Crippen LogP contribution is 2.25. The molecule has 0 aliphatic rings. The number of amides is 1. The number of anilines is 1. The van der Waals surface area contributed by atoms with Crippen LogP contribution in [0.25, 0.3) is 11.4 Å². The van der Waals surface area contributed by atoms with E-state index in [9.17, 15) is 4.79 Å². The average molecular weight is 419 g/mol. The van der Waals surface area contributed by atoms with Gasteiger partial charge in [0.1, 0.15) is 0 Å². The summed E-state index contributed by atoms with van der Waals surface area (Å²) in [6, 6.07) is 11.8. The minimum absolute atomic E-state index is 0.0833. The maximum atomic E-state index is 12.6. The summed E-state index contributed by atoms with van der Waals surface area (Å²) in [5.41, 5.74) is 5.01. The molecule has 0 spiro atoms. The molecule has 0 fully saturated rings. The van der Waals surface area contributed by atoms with Crippen LogP contribution in [-0.4, -0.2) is 36.2 Å². The maximum absolute atomic E-state index is 12.6. The molecule has 4 rings (SSSR count). The van der Waals surface area contributed by atoms with Crippen LogP contribution in [0.1, 0.15) is 16.7 Å². The monoisotopic (exact) mass is 418 g/mol. The van der Waals surface area contributed by atoms with Gasteiger partial charge < -0.3 is 5.32 Å². The van der Waals surface area contributed by atoms with E-state index in [0.717, 1.165) is 22.4 Å². The molecule has 3 aromatic heterocycles. The Hall–Kier alpha value is -3.39. The molecule has 1 aromatic carbocycles. The molecule has 0 unspecified atom stereocenters. The van der Waals surface area contributed by atoms with Gasteiger partial charge in [-0.25, -0.2) is 4.68 Å². The summed E-state index contributed by atoms with van der Waals surface area (Å²) in [7, 11) is 0. The van der Waals surface area contributed by atoms with Crippen LogP contribution in [0.4, 0.5) is 5.69 Å². The Morgan fingerprint density at radius 2 is 1.80 bits per heavy atom. The van der Waals surface area contributed by atoms with Crippen LogP contribution in [0.15, 0.2) is 66.3 Å². The zero-order chi connectivity index (χ0) is 21.1. The molecule has 0 saturated heterocycles. The van der Waals surface area contributed by atoms with Crippen LogP contribution in [0.2, 0.25) is 0 Å². The summed E-state index contributed by atoms with van der Waals surface area (Å²) in [5.74, 6) is 0.798. The first-order valence-corrected chi connectivity index (χ1v) is 10.5. The lowest BCUT2D eigenvalue weighted by Crippen LogP contribution is -2.17. The summed E-state index contributed by atoms with van der Waals surface area (Å²) in [6.07, 6.45) is 7.28. The summed E-state index contributed by atoms with van der Waals surface area (Å²) < 4.78 is 3.76. The lowest BCUT2D eigenvalue weighted by Gasteiger charge is -2.13. The molecule has 1 N–H and O–H groups in total. The van der Waals surface area contributed by atoms with E-state index in [1.807, 2.05) is 59.9 Å². The second-order valence-corrected chi connectivity index (χ2v) is 7.98. The predicted molar refractivity (Wildman–Crippen MR) is 118 cm³/mol. The van der Waals surface area contributed by atoms with Crippen LogP contribution in [0, 0.1) is 20.8 Å². The van der Waals surface area contributed by atoms with Crippen LogP contribution in [0.3, 0.4) is 0 Å². The molecule has 0 aliphatic heterocycles. The molecule has 0 bridgehead atoms. The standard InChI is InChI=1S/C22H22N6OS/c1-15-11-16(2)20(17(3)12-15)24-19(29)14-30-22-26-25-21(18-7-6-8-23-13-18)28(22)27-9-4-5-10-27/h4-13H,14H2,1-3H3,(H,24,29). The number of carbonyl (C=O) groups excluding carboxylic acids is 1. The highest BCUT2D eigenvalue weighted by molar-refractivity contribution is 7.99. The summed E-state index contributed by atoms with van der Waals surface area (Å²) >= 11 is 1.34. The van der Waals surface area contributed by atoms with Crippen molar-refractivity contribution in [2.45, 2.75) is 25.9 Å². The highest BCUT2D eigenvalue weighted by Gasteiger charge is 2.17. The van der Waals surface area contributed by atoms with E-state index in [1.54, 1.807) is 12.4 Å². The number of aryl methyl sites for hydroxylation is 3. The van der Waals surface area contributed by atoms with E-state index < -0.39 is 0 Å². The van der Waals surface area contributed by atoms with Gasteiger partial charge in [-0.1, -0.05) is 29.5 Å². The fourth-order valence-electron chi connectivity index (χ4n) is 3.38. The molecule has 4 aromatic rings. The third kappa shape index (κ3) is 4.13. The summed E-state index contributed by atoms with van der Waals surface area (Å²) in [5, 5.41) is 12.3. The van der Waals surface area contributed by atoms with Gasteiger partial charge in [-0.2, -0.15) is 0 Å². The number of hydrogen-bond acceptors (Lipinski definition) is 5. The van der Waals surface area contributed by atoms with Gasteiger partial charge in [-0.15, -0.1) is 10.2 Å². The molecule has 0 atom stereocenters. The number of aromatic nitrogens is 5. The largest absolute Gasteiger partial charge is 0.325 e. The van der Waals surface area contributed by atoms with Crippen molar-refractivity contribution in [2.24, 2.45) is 0 Å². The third-order valence-corrected chi connectivity index (χ3v) is 5.54. The lowest BCUT2D eigenvalue weighted by atomic mass is 10.1. The number of hydrogen-bond donors (Lipinski definition) is 1. The number of nitrogens with one attached hydrogen (secondary N) is 1. The molecule has 8 heteroatoms. The van der Waals surface area contributed by atoms with Gasteiger partial charge in [0.05, 0.1) is 5.75 Å². The first-order chi connectivity index (χ1) is 14.5. The Balaban J connectivity index is 1.56. The number of benzene rings is 1. The fourth-order valence-corrected chi connectivity index (χ4v) is 4.11. The van der Waals surface area contributed by atoms with E-state index in [1.165, 1.54) is 17.3 Å². The Morgan fingerprint density at radius 1 is 1.07 bits per heavy atom. The van der Waals surface area contributed by atoms with Gasteiger partial charge in [0.25, 0.3) is 0 Å². The normalized spacial score (nSPS) is 10.9. The smallest absolute Gasteiger partial charge is 0.234 e. The minimum atomic E-state index is -0.0833. The molecule has 30 heavy (non-hydrogen) atoms.